The number of imidazole rings is 1. The van der Waals surface area contributed by atoms with Gasteiger partial charge in [-0.1, -0.05) is 0 Å². The largest absolute Gasteiger partial charge is 0.388 e. The summed E-state index contributed by atoms with van der Waals surface area (Å²) < 4.78 is 28.3. The number of aromatic nitrogens is 2. The number of nitrogens with two attached hydrogens (primary N) is 1. The van der Waals surface area contributed by atoms with E-state index in [1.54, 1.807) is 31.5 Å². The van der Waals surface area contributed by atoms with E-state index in [0.717, 1.165) is 0 Å². The van der Waals surface area contributed by atoms with Crippen molar-refractivity contribution in [1.29, 1.82) is 5.41 Å². The minimum atomic E-state index is -3.66. The molecule has 0 amide bonds. The highest BCUT2D eigenvalue weighted by Crippen LogP contribution is 2.18. The minimum absolute atomic E-state index is 0.0267. The molecule has 114 valence electrons. The Labute approximate surface area is 120 Å². The Morgan fingerprint density at radius 2 is 2.15 bits per heavy atom. The summed E-state index contributed by atoms with van der Waals surface area (Å²) in [5.74, 6) is 0.641. The molecule has 0 aromatic carbocycles. The fraction of sp³-hybridized carbons (Fsp3) is 0.667. The molecule has 0 atom stereocenters. The summed E-state index contributed by atoms with van der Waals surface area (Å²) >= 11 is 0. The second-order valence-electron chi connectivity index (χ2n) is 4.90. The van der Waals surface area contributed by atoms with Crippen LogP contribution in [-0.2, 0) is 16.6 Å². The van der Waals surface area contributed by atoms with Gasteiger partial charge in [-0.05, 0) is 27.7 Å². The van der Waals surface area contributed by atoms with Crippen LogP contribution in [0.1, 0.15) is 33.0 Å². The zero-order chi connectivity index (χ0) is 15.5. The molecule has 7 nitrogen and oxygen atoms in total. The Bertz CT molecular complexity index is 577. The highest BCUT2D eigenvalue weighted by molar-refractivity contribution is 7.89. The van der Waals surface area contributed by atoms with Crippen molar-refractivity contribution in [1.82, 2.24) is 13.9 Å². The number of hydrogen-bond acceptors (Lipinski definition) is 4. The second-order valence-corrected chi connectivity index (χ2v) is 6.73. The van der Waals surface area contributed by atoms with Gasteiger partial charge < -0.3 is 10.3 Å². The summed E-state index contributed by atoms with van der Waals surface area (Å²) in [5.41, 5.74) is 5.31. The summed E-state index contributed by atoms with van der Waals surface area (Å²) in [5, 5.41) is 7.29. The van der Waals surface area contributed by atoms with Crippen LogP contribution < -0.4 is 5.73 Å². The average molecular weight is 301 g/mol. The third kappa shape index (κ3) is 3.57. The molecule has 1 aromatic rings. The molecule has 0 spiro atoms. The van der Waals surface area contributed by atoms with Crippen LogP contribution in [0.5, 0.6) is 0 Å². The van der Waals surface area contributed by atoms with E-state index >= 15 is 0 Å². The summed E-state index contributed by atoms with van der Waals surface area (Å²) in [7, 11) is -3.66. The van der Waals surface area contributed by atoms with Crippen LogP contribution in [0.3, 0.4) is 0 Å². The Hall–Kier alpha value is -1.41. The van der Waals surface area contributed by atoms with E-state index in [2.05, 4.69) is 4.98 Å². The quantitative estimate of drug-likeness (QED) is 0.577. The lowest BCUT2D eigenvalue weighted by Crippen LogP contribution is -2.39. The molecule has 20 heavy (non-hydrogen) atoms. The predicted molar refractivity (Wildman–Crippen MR) is 78.2 cm³/mol. The lowest BCUT2D eigenvalue weighted by Gasteiger charge is -2.24. The van der Waals surface area contributed by atoms with Crippen molar-refractivity contribution in [3.05, 3.63) is 12.0 Å². The van der Waals surface area contributed by atoms with Gasteiger partial charge >= 0.3 is 0 Å². The molecule has 0 aliphatic heterocycles. The zero-order valence-corrected chi connectivity index (χ0v) is 13.2. The first-order valence-electron chi connectivity index (χ1n) is 6.58. The van der Waals surface area contributed by atoms with E-state index in [1.807, 2.05) is 6.92 Å². The lowest BCUT2D eigenvalue weighted by molar-refractivity contribution is 0.360. The van der Waals surface area contributed by atoms with Crippen molar-refractivity contribution in [3.8, 4) is 0 Å². The number of aryl methyl sites for hydroxylation is 2. The normalized spacial score (nSPS) is 12.3. The maximum absolute atomic E-state index is 12.6. The topological polar surface area (TPSA) is 105 Å². The van der Waals surface area contributed by atoms with E-state index in [4.69, 9.17) is 11.1 Å². The molecule has 1 aromatic heterocycles. The van der Waals surface area contributed by atoms with Crippen LogP contribution in [0.15, 0.2) is 11.2 Å². The molecule has 0 aliphatic carbocycles. The number of hydrogen-bond donors (Lipinski definition) is 2. The average Bonchev–Trinajstić information content (AvgIpc) is 2.70. The zero-order valence-electron chi connectivity index (χ0n) is 12.4. The first kappa shape index (κ1) is 16.6. The maximum Gasteiger partial charge on any atom is 0.262 e. The van der Waals surface area contributed by atoms with Crippen LogP contribution in [0, 0.1) is 12.3 Å². The van der Waals surface area contributed by atoms with Crippen LogP contribution in [0.2, 0.25) is 0 Å². The monoisotopic (exact) mass is 301 g/mol. The van der Waals surface area contributed by atoms with Crippen LogP contribution in [0.4, 0.5) is 0 Å². The van der Waals surface area contributed by atoms with Gasteiger partial charge in [-0.3, -0.25) is 5.41 Å². The van der Waals surface area contributed by atoms with Crippen molar-refractivity contribution < 1.29 is 8.42 Å². The Balaban J connectivity index is 3.12. The van der Waals surface area contributed by atoms with Gasteiger partial charge in [0.2, 0.25) is 0 Å². The number of rotatable bonds is 7. The van der Waals surface area contributed by atoms with Crippen molar-refractivity contribution in [2.24, 2.45) is 5.73 Å². The van der Waals surface area contributed by atoms with Gasteiger partial charge in [-0.25, -0.2) is 13.4 Å². The molecule has 0 unspecified atom stereocenters. The van der Waals surface area contributed by atoms with Gasteiger partial charge in [0, 0.05) is 31.7 Å². The van der Waals surface area contributed by atoms with Crippen molar-refractivity contribution in [3.63, 3.8) is 0 Å². The van der Waals surface area contributed by atoms with E-state index in [-0.39, 0.29) is 29.9 Å². The number of nitrogens with one attached hydrogen (secondary N) is 1. The molecule has 3 N–H and O–H groups in total. The third-order valence-electron chi connectivity index (χ3n) is 3.05. The SMILES string of the molecule is CCn1cc(S(=O)(=O)N(CCC(=N)N)C(C)C)nc1C. The molecule has 1 rings (SSSR count). The Morgan fingerprint density at radius 3 is 2.55 bits per heavy atom. The summed E-state index contributed by atoms with van der Waals surface area (Å²) in [6.45, 7) is 8.15. The minimum Gasteiger partial charge on any atom is -0.388 e. The van der Waals surface area contributed by atoms with Crippen LogP contribution in [0.25, 0.3) is 0 Å². The molecular weight excluding hydrogens is 278 g/mol. The first-order valence-corrected chi connectivity index (χ1v) is 8.02. The summed E-state index contributed by atoms with van der Waals surface area (Å²) in [6, 6.07) is -0.216. The van der Waals surface area contributed by atoms with E-state index in [0.29, 0.717) is 12.4 Å². The van der Waals surface area contributed by atoms with Gasteiger partial charge in [0.25, 0.3) is 10.0 Å². The third-order valence-corrected chi connectivity index (χ3v) is 4.99. The molecule has 1 heterocycles. The number of amidine groups is 1. The molecule has 8 heteroatoms. The predicted octanol–water partition coefficient (Wildman–Crippen LogP) is 0.937. The van der Waals surface area contributed by atoms with Crippen molar-refractivity contribution in [2.45, 2.75) is 51.7 Å². The van der Waals surface area contributed by atoms with Crippen molar-refractivity contribution >= 4 is 15.9 Å². The Morgan fingerprint density at radius 1 is 1.55 bits per heavy atom. The summed E-state index contributed by atoms with van der Waals surface area (Å²) in [6.07, 6.45) is 1.76. The van der Waals surface area contributed by atoms with E-state index < -0.39 is 10.0 Å². The summed E-state index contributed by atoms with van der Waals surface area (Å²) in [4.78, 5) is 4.13. The standard InChI is InChI=1S/C12H23N5O2S/c1-5-16-8-12(15-10(16)4)20(18,19)17(9(2)3)7-6-11(13)14/h8-9H,5-7H2,1-4H3,(H3,13,14). The van der Waals surface area contributed by atoms with Crippen molar-refractivity contribution in [2.75, 3.05) is 6.54 Å². The second kappa shape index (κ2) is 6.36. The van der Waals surface area contributed by atoms with Crippen LogP contribution in [-0.4, -0.2) is 40.7 Å². The fourth-order valence-corrected chi connectivity index (χ4v) is 3.57. The Kier molecular flexibility index (Phi) is 5.29. The fourth-order valence-electron chi connectivity index (χ4n) is 1.93. The molecule has 0 aliphatic rings. The van der Waals surface area contributed by atoms with Gasteiger partial charge in [0.1, 0.15) is 5.82 Å². The molecular formula is C12H23N5O2S. The van der Waals surface area contributed by atoms with Gasteiger partial charge in [-0.2, -0.15) is 4.31 Å². The van der Waals surface area contributed by atoms with E-state index in [9.17, 15) is 8.42 Å². The smallest absolute Gasteiger partial charge is 0.262 e. The molecule has 0 bridgehead atoms. The van der Waals surface area contributed by atoms with Crippen LogP contribution >= 0.6 is 0 Å². The number of nitrogens with zero attached hydrogens (tertiary/aromatic N) is 3. The van der Waals surface area contributed by atoms with Gasteiger partial charge in [0.05, 0.1) is 5.84 Å². The highest BCUT2D eigenvalue weighted by Gasteiger charge is 2.29. The number of sulfonamides is 1. The van der Waals surface area contributed by atoms with E-state index in [1.165, 1.54) is 4.31 Å². The molecule has 0 fully saturated rings. The molecule has 0 saturated carbocycles. The maximum atomic E-state index is 12.6. The first-order chi connectivity index (χ1) is 9.20. The van der Waals surface area contributed by atoms with Gasteiger partial charge in [-0.15, -0.1) is 0 Å². The molecule has 0 radical (unpaired) electrons. The lowest BCUT2D eigenvalue weighted by atomic mass is 10.3. The van der Waals surface area contributed by atoms with Gasteiger partial charge in [0.15, 0.2) is 5.03 Å². The molecule has 0 saturated heterocycles. The highest BCUT2D eigenvalue weighted by atomic mass is 32.2.